The highest BCUT2D eigenvalue weighted by Gasteiger charge is 2.30. The number of halogens is 3. The van der Waals surface area contributed by atoms with Gasteiger partial charge in [0.1, 0.15) is 0 Å². The number of rotatable bonds is 2. The van der Waals surface area contributed by atoms with Crippen LogP contribution in [0.4, 0.5) is 13.2 Å². The lowest BCUT2D eigenvalue weighted by Crippen LogP contribution is -2.04. The van der Waals surface area contributed by atoms with Crippen LogP contribution in [0.25, 0.3) is 17.1 Å². The lowest BCUT2D eigenvalue weighted by molar-refractivity contribution is -0.137. The highest BCUT2D eigenvalue weighted by atomic mass is 32.1. The summed E-state index contributed by atoms with van der Waals surface area (Å²) in [5.74, 6) is 0.538. The third-order valence-electron chi connectivity index (χ3n) is 3.13. The molecule has 0 aliphatic rings. The maximum Gasteiger partial charge on any atom is 0.416 e. The van der Waals surface area contributed by atoms with E-state index in [-0.39, 0.29) is 0 Å². The fourth-order valence-electron chi connectivity index (χ4n) is 2.02. The van der Waals surface area contributed by atoms with Crippen molar-refractivity contribution < 1.29 is 13.2 Å². The highest BCUT2D eigenvalue weighted by Crippen LogP contribution is 2.31. The van der Waals surface area contributed by atoms with Crippen molar-refractivity contribution in [3.05, 3.63) is 59.2 Å². The summed E-state index contributed by atoms with van der Waals surface area (Å²) in [6, 6.07) is 8.52. The number of hydrogen-bond acceptors (Lipinski definition) is 4. The molecule has 2 heterocycles. The summed E-state index contributed by atoms with van der Waals surface area (Å²) in [6.07, 6.45) is -1.08. The van der Waals surface area contributed by atoms with Crippen molar-refractivity contribution in [2.24, 2.45) is 4.99 Å². The molecule has 2 aromatic heterocycles. The van der Waals surface area contributed by atoms with E-state index in [9.17, 15) is 13.2 Å². The fourth-order valence-corrected chi connectivity index (χ4v) is 2.85. The largest absolute Gasteiger partial charge is 0.416 e. The van der Waals surface area contributed by atoms with Gasteiger partial charge in [0.2, 0.25) is 4.80 Å². The number of alkyl halides is 3. The van der Waals surface area contributed by atoms with Crippen molar-refractivity contribution in [3.63, 3.8) is 0 Å². The molecule has 3 rings (SSSR count). The van der Waals surface area contributed by atoms with Gasteiger partial charge >= 0.3 is 6.18 Å². The maximum absolute atomic E-state index is 12.7. The molecule has 1 aromatic carbocycles. The average molecular weight is 336 g/mol. The van der Waals surface area contributed by atoms with Crippen molar-refractivity contribution in [3.8, 4) is 17.1 Å². The van der Waals surface area contributed by atoms with Gasteiger partial charge in [-0.2, -0.15) is 18.2 Å². The lowest BCUT2D eigenvalue weighted by atomic mass is 10.1. The molecule has 3 aromatic rings. The second kappa shape index (κ2) is 5.96. The summed E-state index contributed by atoms with van der Waals surface area (Å²) in [5.41, 5.74) is 0.718. The maximum atomic E-state index is 12.7. The Bertz CT molecular complexity index is 864. The minimum absolute atomic E-state index is 0.538. The summed E-state index contributed by atoms with van der Waals surface area (Å²) in [6.45, 7) is 0. The first-order valence-corrected chi connectivity index (χ1v) is 7.37. The summed E-state index contributed by atoms with van der Waals surface area (Å²) in [5, 5.41) is 0. The molecule has 0 amide bonds. The smallest absolute Gasteiger partial charge is 0.265 e. The van der Waals surface area contributed by atoms with E-state index in [0.717, 1.165) is 17.8 Å². The van der Waals surface area contributed by atoms with Gasteiger partial charge in [0, 0.05) is 25.0 Å². The molecular weight excluding hydrogens is 325 g/mol. The molecule has 0 bridgehead atoms. The van der Waals surface area contributed by atoms with Gasteiger partial charge in [0.15, 0.2) is 5.82 Å². The van der Waals surface area contributed by atoms with Gasteiger partial charge in [0.05, 0.1) is 11.3 Å². The van der Waals surface area contributed by atoms with Crippen molar-refractivity contribution in [2.75, 3.05) is 7.05 Å². The van der Waals surface area contributed by atoms with Crippen LogP contribution < -0.4 is 4.80 Å². The van der Waals surface area contributed by atoms with Crippen molar-refractivity contribution in [1.29, 1.82) is 0 Å². The van der Waals surface area contributed by atoms with Crippen LogP contribution >= 0.6 is 11.5 Å². The Morgan fingerprint density at radius 3 is 2.26 bits per heavy atom. The predicted octanol–water partition coefficient (Wildman–Crippen LogP) is 3.55. The molecule has 23 heavy (non-hydrogen) atoms. The van der Waals surface area contributed by atoms with E-state index in [1.807, 2.05) is 3.96 Å². The van der Waals surface area contributed by atoms with E-state index >= 15 is 0 Å². The third-order valence-corrected chi connectivity index (χ3v) is 4.13. The molecule has 0 saturated carbocycles. The summed E-state index contributed by atoms with van der Waals surface area (Å²) in [4.78, 5) is 12.9. The van der Waals surface area contributed by atoms with Gasteiger partial charge in [-0.15, -0.1) is 0 Å². The topological polar surface area (TPSA) is 43.1 Å². The van der Waals surface area contributed by atoms with Gasteiger partial charge < -0.3 is 0 Å². The zero-order chi connectivity index (χ0) is 16.4. The molecule has 0 radical (unpaired) electrons. The van der Waals surface area contributed by atoms with Crippen molar-refractivity contribution >= 4 is 11.5 Å². The van der Waals surface area contributed by atoms with Crippen molar-refractivity contribution in [1.82, 2.24) is 13.9 Å². The molecule has 0 spiro atoms. The Hall–Kier alpha value is -2.48. The van der Waals surface area contributed by atoms with Crippen LogP contribution in [-0.4, -0.2) is 21.0 Å². The Morgan fingerprint density at radius 1 is 1.04 bits per heavy atom. The zero-order valence-electron chi connectivity index (χ0n) is 11.9. The normalized spacial score (nSPS) is 12.6. The minimum Gasteiger partial charge on any atom is -0.265 e. The Balaban J connectivity index is 2.11. The van der Waals surface area contributed by atoms with Crippen LogP contribution in [-0.2, 0) is 6.18 Å². The fraction of sp³-hybridized carbons (Fsp3) is 0.133. The van der Waals surface area contributed by atoms with Crippen LogP contribution in [0.2, 0.25) is 0 Å². The van der Waals surface area contributed by atoms with Crippen LogP contribution in [0, 0.1) is 0 Å². The standard InChI is InChI=1S/C15H11F3N4S/c1-19-14-21-13(22(23-14)12-6-8-20-9-7-12)10-2-4-11(5-3-10)15(16,17)18/h2-9H,1H3. The molecular formula is C15H11F3N4S. The van der Waals surface area contributed by atoms with Gasteiger partial charge in [-0.1, -0.05) is 12.1 Å². The van der Waals surface area contributed by atoms with Gasteiger partial charge in [0.25, 0.3) is 0 Å². The van der Waals surface area contributed by atoms with Gasteiger partial charge in [-0.25, -0.2) is 3.96 Å². The van der Waals surface area contributed by atoms with Crippen LogP contribution in [0.1, 0.15) is 5.56 Å². The molecule has 8 heteroatoms. The summed E-state index contributed by atoms with van der Waals surface area (Å²) in [7, 11) is 1.62. The number of pyridine rings is 1. The van der Waals surface area contributed by atoms with E-state index in [4.69, 9.17) is 0 Å². The van der Waals surface area contributed by atoms with Crippen LogP contribution in [0.3, 0.4) is 0 Å². The first-order valence-electron chi connectivity index (χ1n) is 6.60. The number of nitrogens with zero attached hydrogens (tertiary/aromatic N) is 4. The molecule has 0 aliphatic heterocycles. The summed E-state index contributed by atoms with van der Waals surface area (Å²) >= 11 is 1.31. The number of benzene rings is 1. The summed E-state index contributed by atoms with van der Waals surface area (Å²) < 4.78 is 39.9. The van der Waals surface area contributed by atoms with Gasteiger partial charge in [-0.05, 0) is 35.8 Å². The molecule has 0 aliphatic carbocycles. The zero-order valence-corrected chi connectivity index (χ0v) is 12.8. The second-order valence-electron chi connectivity index (χ2n) is 4.61. The second-order valence-corrected chi connectivity index (χ2v) is 5.52. The number of aromatic nitrogens is 3. The first-order chi connectivity index (χ1) is 11.0. The van der Waals surface area contributed by atoms with Crippen LogP contribution in [0.15, 0.2) is 53.8 Å². The molecule has 0 atom stereocenters. The molecule has 0 N–H and O–H groups in total. The molecule has 0 saturated heterocycles. The Labute approximate surface area is 133 Å². The third kappa shape index (κ3) is 3.16. The monoisotopic (exact) mass is 336 g/mol. The quantitative estimate of drug-likeness (QED) is 0.718. The average Bonchev–Trinajstić information content (AvgIpc) is 2.99. The minimum atomic E-state index is -4.36. The molecule has 118 valence electrons. The van der Waals surface area contributed by atoms with E-state index in [0.29, 0.717) is 16.2 Å². The first kappa shape index (κ1) is 15.4. The number of hydrogen-bond donors (Lipinski definition) is 0. The Kier molecular flexibility index (Phi) is 3.99. The lowest BCUT2D eigenvalue weighted by Gasteiger charge is -2.08. The highest BCUT2D eigenvalue weighted by molar-refractivity contribution is 7.04. The Morgan fingerprint density at radius 2 is 1.70 bits per heavy atom. The van der Waals surface area contributed by atoms with Gasteiger partial charge in [-0.3, -0.25) is 9.98 Å². The van der Waals surface area contributed by atoms with Crippen LogP contribution in [0.5, 0.6) is 0 Å². The van der Waals surface area contributed by atoms with Crippen molar-refractivity contribution in [2.45, 2.75) is 6.18 Å². The molecule has 0 unspecified atom stereocenters. The molecule has 4 nitrogen and oxygen atoms in total. The SMILES string of the molecule is CN=c1nc(-c2ccc(C(F)(F)F)cc2)n(-c2ccncc2)s1. The van der Waals surface area contributed by atoms with E-state index in [1.54, 1.807) is 31.6 Å². The van der Waals surface area contributed by atoms with E-state index in [2.05, 4.69) is 15.0 Å². The predicted molar refractivity (Wildman–Crippen MR) is 81.2 cm³/mol. The van der Waals surface area contributed by atoms with E-state index < -0.39 is 11.7 Å². The molecule has 0 fully saturated rings. The van der Waals surface area contributed by atoms with E-state index in [1.165, 1.54) is 23.7 Å².